The molecule has 1 aromatic carbocycles. The first-order valence-corrected chi connectivity index (χ1v) is 8.87. The van der Waals surface area contributed by atoms with Crippen molar-refractivity contribution in [2.75, 3.05) is 21.3 Å². The van der Waals surface area contributed by atoms with Crippen LogP contribution in [0, 0.1) is 0 Å². The van der Waals surface area contributed by atoms with Gasteiger partial charge in [-0.2, -0.15) is 0 Å². The van der Waals surface area contributed by atoms with E-state index >= 15 is 0 Å². The summed E-state index contributed by atoms with van der Waals surface area (Å²) in [6, 6.07) is 7.14. The third kappa shape index (κ3) is 3.56. The zero-order valence-electron chi connectivity index (χ0n) is 14.5. The van der Waals surface area contributed by atoms with Crippen LogP contribution < -0.4 is 14.2 Å². The van der Waals surface area contributed by atoms with Crippen molar-refractivity contribution in [2.45, 2.75) is 6.54 Å². The summed E-state index contributed by atoms with van der Waals surface area (Å²) in [5.41, 5.74) is 0.748. The summed E-state index contributed by atoms with van der Waals surface area (Å²) in [4.78, 5) is 14.7. The molecular formula is C18H17NO5S2. The summed E-state index contributed by atoms with van der Waals surface area (Å²) in [6.07, 6.45) is 3.32. The normalized spacial score (nSPS) is 15.7. The number of methoxy groups -OCH3 is 3. The standard InChI is InChI=1S/C18H17NO5S2/c1-21-13-7-11(8-14(22-2)16(13)23-3)9-15-17(20)19(18(25)26-15)10-12-5-4-6-24-12/h4-9H,10H2,1-3H3/b15-9+. The molecule has 0 aliphatic carbocycles. The maximum Gasteiger partial charge on any atom is 0.266 e. The largest absolute Gasteiger partial charge is 0.493 e. The van der Waals surface area contributed by atoms with E-state index < -0.39 is 0 Å². The van der Waals surface area contributed by atoms with Crippen molar-refractivity contribution in [1.82, 2.24) is 4.90 Å². The van der Waals surface area contributed by atoms with E-state index in [2.05, 4.69) is 0 Å². The minimum absolute atomic E-state index is 0.162. The van der Waals surface area contributed by atoms with Crippen LogP contribution in [0.2, 0.25) is 0 Å². The Morgan fingerprint density at radius 2 is 1.88 bits per heavy atom. The highest BCUT2D eigenvalue weighted by molar-refractivity contribution is 8.26. The number of nitrogens with zero attached hydrogens (tertiary/aromatic N) is 1. The van der Waals surface area contributed by atoms with Crippen LogP contribution in [0.3, 0.4) is 0 Å². The third-order valence-electron chi connectivity index (χ3n) is 3.75. The van der Waals surface area contributed by atoms with Crippen molar-refractivity contribution in [3.05, 3.63) is 46.8 Å². The summed E-state index contributed by atoms with van der Waals surface area (Å²) < 4.78 is 21.8. The SMILES string of the molecule is COc1cc(/C=C2/SC(=S)N(Cc3ccco3)C2=O)cc(OC)c1OC. The maximum atomic E-state index is 12.7. The number of ether oxygens (including phenoxy) is 3. The van der Waals surface area contributed by atoms with Crippen molar-refractivity contribution in [3.63, 3.8) is 0 Å². The smallest absolute Gasteiger partial charge is 0.266 e. The first kappa shape index (κ1) is 18.3. The average molecular weight is 391 g/mol. The molecule has 2 aromatic rings. The zero-order chi connectivity index (χ0) is 18.7. The highest BCUT2D eigenvalue weighted by Crippen LogP contribution is 2.40. The molecule has 8 heteroatoms. The lowest BCUT2D eigenvalue weighted by molar-refractivity contribution is -0.122. The molecular weight excluding hydrogens is 374 g/mol. The summed E-state index contributed by atoms with van der Waals surface area (Å²) in [5, 5.41) is 0. The molecule has 0 N–H and O–H groups in total. The molecule has 6 nitrogen and oxygen atoms in total. The van der Waals surface area contributed by atoms with Crippen LogP contribution >= 0.6 is 24.0 Å². The van der Waals surface area contributed by atoms with Gasteiger partial charge in [0.1, 0.15) is 10.1 Å². The molecule has 0 radical (unpaired) electrons. The number of furan rings is 1. The predicted molar refractivity (Wildman–Crippen MR) is 104 cm³/mol. The van der Waals surface area contributed by atoms with Gasteiger partial charge < -0.3 is 18.6 Å². The monoisotopic (exact) mass is 391 g/mol. The van der Waals surface area contributed by atoms with Crippen LogP contribution in [0.25, 0.3) is 6.08 Å². The third-order valence-corrected chi connectivity index (χ3v) is 5.13. The van der Waals surface area contributed by atoms with Crippen molar-refractivity contribution >= 4 is 40.3 Å². The molecule has 1 amide bonds. The quantitative estimate of drug-likeness (QED) is 0.549. The Morgan fingerprint density at radius 3 is 2.42 bits per heavy atom. The summed E-state index contributed by atoms with van der Waals surface area (Å²) in [5.74, 6) is 2.05. The van der Waals surface area contributed by atoms with Crippen LogP contribution in [0.5, 0.6) is 17.2 Å². The van der Waals surface area contributed by atoms with E-state index in [4.69, 9.17) is 30.8 Å². The van der Waals surface area contributed by atoms with Crippen LogP contribution in [0.1, 0.15) is 11.3 Å². The maximum absolute atomic E-state index is 12.7. The lowest BCUT2D eigenvalue weighted by Crippen LogP contribution is -2.27. The van der Waals surface area contributed by atoms with Crippen molar-refractivity contribution in [1.29, 1.82) is 0 Å². The fourth-order valence-corrected chi connectivity index (χ4v) is 3.79. The zero-order valence-corrected chi connectivity index (χ0v) is 16.1. The van der Waals surface area contributed by atoms with Crippen molar-refractivity contribution in [2.24, 2.45) is 0 Å². The van der Waals surface area contributed by atoms with Gasteiger partial charge in [0.05, 0.1) is 39.0 Å². The molecule has 0 saturated carbocycles. The summed E-state index contributed by atoms with van der Waals surface area (Å²) in [6.45, 7) is 0.310. The Morgan fingerprint density at radius 1 is 1.19 bits per heavy atom. The van der Waals surface area contributed by atoms with Gasteiger partial charge in [-0.05, 0) is 35.9 Å². The molecule has 1 saturated heterocycles. The van der Waals surface area contributed by atoms with Crippen LogP contribution in [-0.4, -0.2) is 36.5 Å². The summed E-state index contributed by atoms with van der Waals surface area (Å²) in [7, 11) is 4.63. The van der Waals surface area contributed by atoms with Gasteiger partial charge in [0.15, 0.2) is 11.5 Å². The molecule has 136 valence electrons. The molecule has 1 aromatic heterocycles. The average Bonchev–Trinajstić information content (AvgIpc) is 3.25. The number of hydrogen-bond donors (Lipinski definition) is 0. The fourth-order valence-electron chi connectivity index (χ4n) is 2.53. The molecule has 26 heavy (non-hydrogen) atoms. The Kier molecular flexibility index (Phi) is 5.53. The van der Waals surface area contributed by atoms with Gasteiger partial charge in [-0.3, -0.25) is 9.69 Å². The number of hydrogen-bond acceptors (Lipinski definition) is 7. The number of rotatable bonds is 6. The summed E-state index contributed by atoms with van der Waals surface area (Å²) >= 11 is 6.59. The molecule has 1 aliphatic heterocycles. The predicted octanol–water partition coefficient (Wildman–Crippen LogP) is 3.71. The van der Waals surface area contributed by atoms with Crippen LogP contribution in [-0.2, 0) is 11.3 Å². The molecule has 3 rings (SSSR count). The number of benzene rings is 1. The number of amides is 1. The van der Waals surface area contributed by atoms with E-state index in [9.17, 15) is 4.79 Å². The topological polar surface area (TPSA) is 61.1 Å². The van der Waals surface area contributed by atoms with Gasteiger partial charge in [0, 0.05) is 0 Å². The molecule has 0 spiro atoms. The van der Waals surface area contributed by atoms with Gasteiger partial charge in [-0.15, -0.1) is 0 Å². The second kappa shape index (κ2) is 7.84. The van der Waals surface area contributed by atoms with E-state index in [1.54, 1.807) is 51.9 Å². The lowest BCUT2D eigenvalue weighted by Gasteiger charge is -2.13. The number of carbonyl (C=O) groups excluding carboxylic acids is 1. The highest BCUT2D eigenvalue weighted by Gasteiger charge is 2.32. The van der Waals surface area contributed by atoms with E-state index in [1.807, 2.05) is 6.07 Å². The fraction of sp³-hybridized carbons (Fsp3) is 0.222. The molecule has 0 unspecified atom stereocenters. The minimum Gasteiger partial charge on any atom is -0.493 e. The van der Waals surface area contributed by atoms with E-state index in [0.717, 1.165) is 5.56 Å². The number of carbonyl (C=O) groups is 1. The van der Waals surface area contributed by atoms with Crippen molar-refractivity contribution < 1.29 is 23.4 Å². The first-order chi connectivity index (χ1) is 12.6. The van der Waals surface area contributed by atoms with Gasteiger partial charge in [-0.1, -0.05) is 24.0 Å². The highest BCUT2D eigenvalue weighted by atomic mass is 32.2. The second-order valence-corrected chi connectivity index (χ2v) is 6.98. The minimum atomic E-state index is -0.162. The van der Waals surface area contributed by atoms with E-state index in [1.165, 1.54) is 16.7 Å². The molecule has 0 atom stereocenters. The van der Waals surface area contributed by atoms with Crippen LogP contribution in [0.4, 0.5) is 0 Å². The van der Waals surface area contributed by atoms with Gasteiger partial charge in [0.2, 0.25) is 5.75 Å². The Hall–Kier alpha value is -2.45. The Bertz CT molecular complexity index is 835. The van der Waals surface area contributed by atoms with Crippen LogP contribution in [0.15, 0.2) is 39.9 Å². The number of thiocarbonyl (C=S) groups is 1. The Labute approximate surface area is 160 Å². The van der Waals surface area contributed by atoms with E-state index in [-0.39, 0.29) is 5.91 Å². The Balaban J connectivity index is 1.90. The lowest BCUT2D eigenvalue weighted by atomic mass is 10.1. The molecule has 1 aliphatic rings. The molecule has 0 bridgehead atoms. The molecule has 2 heterocycles. The van der Waals surface area contributed by atoms with Crippen molar-refractivity contribution in [3.8, 4) is 17.2 Å². The van der Waals surface area contributed by atoms with E-state index in [0.29, 0.717) is 38.8 Å². The molecule has 1 fully saturated rings. The van der Waals surface area contributed by atoms with Gasteiger partial charge in [-0.25, -0.2) is 0 Å². The second-order valence-electron chi connectivity index (χ2n) is 5.31. The first-order valence-electron chi connectivity index (χ1n) is 7.65. The van der Waals surface area contributed by atoms with Gasteiger partial charge >= 0.3 is 0 Å². The van der Waals surface area contributed by atoms with Gasteiger partial charge in [0.25, 0.3) is 5.91 Å². The number of thioether (sulfide) groups is 1.